The van der Waals surface area contributed by atoms with Crippen LogP contribution in [0.2, 0.25) is 5.02 Å². The highest BCUT2D eigenvalue weighted by Gasteiger charge is 2.25. The van der Waals surface area contributed by atoms with Gasteiger partial charge in [-0.2, -0.15) is 0 Å². The van der Waals surface area contributed by atoms with Gasteiger partial charge in [0.25, 0.3) is 5.91 Å². The van der Waals surface area contributed by atoms with Gasteiger partial charge in [0.2, 0.25) is 0 Å². The molecule has 0 fully saturated rings. The lowest BCUT2D eigenvalue weighted by atomic mass is 10.1. The Morgan fingerprint density at radius 2 is 2.05 bits per heavy atom. The highest BCUT2D eigenvalue weighted by atomic mass is 127. The van der Waals surface area contributed by atoms with Gasteiger partial charge in [-0.1, -0.05) is 11.6 Å². The minimum atomic E-state index is -0.0215. The zero-order valence-electron chi connectivity index (χ0n) is 10.6. The van der Waals surface area contributed by atoms with Gasteiger partial charge in [-0.25, -0.2) is 0 Å². The molecule has 0 spiro atoms. The number of anilines is 2. The molecule has 20 heavy (non-hydrogen) atoms. The Morgan fingerprint density at radius 1 is 1.25 bits per heavy atom. The summed E-state index contributed by atoms with van der Waals surface area (Å²) in [6, 6.07) is 11.1. The first-order valence-electron chi connectivity index (χ1n) is 6.21. The Morgan fingerprint density at radius 3 is 2.80 bits per heavy atom. The topological polar surface area (TPSA) is 46.3 Å². The molecular weight excluding hydrogens is 387 g/mol. The second kappa shape index (κ2) is 5.26. The van der Waals surface area contributed by atoms with E-state index in [4.69, 9.17) is 17.3 Å². The first-order chi connectivity index (χ1) is 9.56. The maximum Gasteiger partial charge on any atom is 0.258 e. The number of carbonyl (C=O) groups is 1. The summed E-state index contributed by atoms with van der Waals surface area (Å²) in [6.45, 7) is 0.682. The van der Waals surface area contributed by atoms with Gasteiger partial charge in [-0.15, -0.1) is 0 Å². The third kappa shape index (κ3) is 2.38. The number of benzene rings is 2. The Balaban J connectivity index is 1.95. The van der Waals surface area contributed by atoms with E-state index in [-0.39, 0.29) is 5.91 Å². The highest BCUT2D eigenvalue weighted by molar-refractivity contribution is 14.1. The van der Waals surface area contributed by atoms with E-state index in [1.54, 1.807) is 11.0 Å². The summed E-state index contributed by atoms with van der Waals surface area (Å²) in [5, 5.41) is 0.605. The second-order valence-corrected chi connectivity index (χ2v) is 6.29. The predicted octanol–water partition coefficient (Wildman–Crippen LogP) is 3.73. The molecule has 0 atom stereocenters. The van der Waals surface area contributed by atoms with Crippen LogP contribution in [0.15, 0.2) is 36.4 Å². The summed E-state index contributed by atoms with van der Waals surface area (Å²) in [5.41, 5.74) is 9.19. The molecule has 0 saturated carbocycles. The largest absolute Gasteiger partial charge is 0.399 e. The molecule has 0 saturated heterocycles. The number of rotatable bonds is 1. The lowest BCUT2D eigenvalue weighted by molar-refractivity contribution is 0.0989. The van der Waals surface area contributed by atoms with E-state index >= 15 is 0 Å². The van der Waals surface area contributed by atoms with E-state index in [0.29, 0.717) is 17.1 Å². The first-order valence-corrected chi connectivity index (χ1v) is 7.67. The molecule has 0 aromatic heterocycles. The Labute approximate surface area is 135 Å². The van der Waals surface area contributed by atoms with E-state index in [1.165, 1.54) is 0 Å². The molecule has 0 radical (unpaired) electrons. The number of nitrogen functional groups attached to an aromatic ring is 1. The molecule has 2 N–H and O–H groups in total. The van der Waals surface area contributed by atoms with Crippen molar-refractivity contribution in [3.05, 3.63) is 56.1 Å². The van der Waals surface area contributed by atoms with Crippen LogP contribution in [0.5, 0.6) is 0 Å². The van der Waals surface area contributed by atoms with E-state index < -0.39 is 0 Å². The van der Waals surface area contributed by atoms with E-state index in [1.807, 2.05) is 30.3 Å². The normalized spacial score (nSPS) is 13.4. The molecule has 1 amide bonds. The fourth-order valence-corrected chi connectivity index (χ4v) is 2.93. The zero-order valence-corrected chi connectivity index (χ0v) is 13.5. The number of hydrogen-bond donors (Lipinski definition) is 1. The fraction of sp³-hybridized carbons (Fsp3) is 0.133. The SMILES string of the molecule is Nc1ccc2c(c1)CCN2C(=O)c1ccc(I)c(Cl)c1. The van der Waals surface area contributed by atoms with Crippen molar-refractivity contribution >= 4 is 51.5 Å². The van der Waals surface area contributed by atoms with Gasteiger partial charge in [-0.05, 0) is 71.0 Å². The molecular formula is C15H12ClIN2O. The minimum absolute atomic E-state index is 0.0215. The maximum absolute atomic E-state index is 12.6. The Hall–Kier alpha value is -1.27. The van der Waals surface area contributed by atoms with E-state index in [9.17, 15) is 4.79 Å². The van der Waals surface area contributed by atoms with Gasteiger partial charge < -0.3 is 10.6 Å². The smallest absolute Gasteiger partial charge is 0.258 e. The third-order valence-electron chi connectivity index (χ3n) is 3.41. The van der Waals surface area contributed by atoms with Crippen molar-refractivity contribution < 1.29 is 4.79 Å². The highest BCUT2D eigenvalue weighted by Crippen LogP contribution is 2.31. The van der Waals surface area contributed by atoms with Crippen molar-refractivity contribution in [2.24, 2.45) is 0 Å². The van der Waals surface area contributed by atoms with E-state index in [2.05, 4.69) is 22.6 Å². The average Bonchev–Trinajstić information content (AvgIpc) is 2.84. The van der Waals surface area contributed by atoms with Crippen molar-refractivity contribution in [3.8, 4) is 0 Å². The summed E-state index contributed by atoms with van der Waals surface area (Å²) in [7, 11) is 0. The number of nitrogens with two attached hydrogens (primary N) is 1. The molecule has 1 aliphatic heterocycles. The summed E-state index contributed by atoms with van der Waals surface area (Å²) in [4.78, 5) is 14.4. The minimum Gasteiger partial charge on any atom is -0.399 e. The van der Waals surface area contributed by atoms with Crippen LogP contribution in [0, 0.1) is 3.57 Å². The van der Waals surface area contributed by atoms with Crippen LogP contribution in [0.25, 0.3) is 0 Å². The van der Waals surface area contributed by atoms with Crippen molar-refractivity contribution in [3.63, 3.8) is 0 Å². The number of amides is 1. The molecule has 3 nitrogen and oxygen atoms in total. The lowest BCUT2D eigenvalue weighted by Gasteiger charge is -2.17. The number of fused-ring (bicyclic) bond motifs is 1. The molecule has 1 aliphatic rings. The molecule has 0 aliphatic carbocycles. The second-order valence-electron chi connectivity index (χ2n) is 4.72. The van der Waals surface area contributed by atoms with Crippen molar-refractivity contribution in [1.82, 2.24) is 0 Å². The van der Waals surface area contributed by atoms with Crippen LogP contribution in [0.3, 0.4) is 0 Å². The molecule has 0 bridgehead atoms. The van der Waals surface area contributed by atoms with Gasteiger partial charge in [0.1, 0.15) is 0 Å². The fourth-order valence-electron chi connectivity index (χ4n) is 2.42. The monoisotopic (exact) mass is 398 g/mol. The quantitative estimate of drug-likeness (QED) is 0.588. The van der Waals surface area contributed by atoms with Crippen LogP contribution >= 0.6 is 34.2 Å². The average molecular weight is 399 g/mol. The van der Waals surface area contributed by atoms with Gasteiger partial charge >= 0.3 is 0 Å². The number of carbonyl (C=O) groups excluding carboxylic acids is 1. The first kappa shape index (κ1) is 13.7. The van der Waals surface area contributed by atoms with Gasteiger partial charge in [-0.3, -0.25) is 4.79 Å². The molecule has 0 unspecified atom stereocenters. The Kier molecular flexibility index (Phi) is 3.60. The van der Waals surface area contributed by atoms with Gasteiger partial charge in [0.15, 0.2) is 0 Å². The standard InChI is InChI=1S/C15H12ClIN2O/c16-12-8-10(1-3-13(12)17)15(20)19-6-5-9-7-11(18)2-4-14(9)19/h1-4,7-8H,5-6,18H2. The van der Waals surface area contributed by atoms with Gasteiger partial charge in [0, 0.05) is 27.1 Å². The van der Waals surface area contributed by atoms with Crippen LogP contribution in [0.1, 0.15) is 15.9 Å². The van der Waals surface area contributed by atoms with Crippen molar-refractivity contribution in [2.45, 2.75) is 6.42 Å². The lowest BCUT2D eigenvalue weighted by Crippen LogP contribution is -2.28. The summed E-state index contributed by atoms with van der Waals surface area (Å²) >= 11 is 8.24. The van der Waals surface area contributed by atoms with Crippen LogP contribution < -0.4 is 10.6 Å². The van der Waals surface area contributed by atoms with Crippen LogP contribution in [-0.2, 0) is 6.42 Å². The molecule has 2 aromatic carbocycles. The third-order valence-corrected chi connectivity index (χ3v) is 4.98. The number of halogens is 2. The molecule has 5 heteroatoms. The Bertz CT molecular complexity index is 702. The van der Waals surface area contributed by atoms with Gasteiger partial charge in [0.05, 0.1) is 5.02 Å². The van der Waals surface area contributed by atoms with Crippen LogP contribution in [0.4, 0.5) is 11.4 Å². The van der Waals surface area contributed by atoms with Crippen molar-refractivity contribution in [1.29, 1.82) is 0 Å². The predicted molar refractivity (Wildman–Crippen MR) is 90.4 cm³/mol. The molecule has 1 heterocycles. The van der Waals surface area contributed by atoms with Crippen LogP contribution in [-0.4, -0.2) is 12.5 Å². The molecule has 102 valence electrons. The van der Waals surface area contributed by atoms with E-state index in [0.717, 1.165) is 26.9 Å². The number of hydrogen-bond acceptors (Lipinski definition) is 2. The molecule has 2 aromatic rings. The van der Waals surface area contributed by atoms with Crippen molar-refractivity contribution in [2.75, 3.05) is 17.2 Å². The summed E-state index contributed by atoms with van der Waals surface area (Å²) in [5.74, 6) is -0.0215. The summed E-state index contributed by atoms with van der Waals surface area (Å²) in [6.07, 6.45) is 0.838. The summed E-state index contributed by atoms with van der Waals surface area (Å²) < 4.78 is 0.940. The zero-order chi connectivity index (χ0) is 14.3. The number of nitrogens with zero attached hydrogens (tertiary/aromatic N) is 1. The molecule has 3 rings (SSSR count). The maximum atomic E-state index is 12.6.